The summed E-state index contributed by atoms with van der Waals surface area (Å²) >= 11 is 3.89. The maximum Gasteiger partial charge on any atom is 0.327 e. The highest BCUT2D eigenvalue weighted by Gasteiger charge is 2.30. The minimum Gasteiger partial charge on any atom is -0.508 e. The monoisotopic (exact) mass is 540 g/mol. The zero-order chi connectivity index (χ0) is 28.0. The molecule has 0 heterocycles. The predicted molar refractivity (Wildman–Crippen MR) is 138 cm³/mol. The van der Waals surface area contributed by atoms with Crippen LogP contribution in [0.4, 0.5) is 0 Å². The first-order valence-electron chi connectivity index (χ1n) is 11.7. The molecule has 4 atom stereocenters. The third kappa shape index (κ3) is 11.9. The van der Waals surface area contributed by atoms with Gasteiger partial charge in [0, 0.05) is 12.2 Å². The van der Waals surface area contributed by atoms with Gasteiger partial charge in [-0.1, -0.05) is 12.1 Å². The summed E-state index contributed by atoms with van der Waals surface area (Å²) in [5, 5.41) is 25.9. The van der Waals surface area contributed by atoms with E-state index in [1.54, 1.807) is 12.1 Å². The highest BCUT2D eigenvalue weighted by molar-refractivity contribution is 7.80. The Balaban J connectivity index is 2.97. The number of phenolic OH excluding ortho intramolecular Hbond substituents is 1. The molecule has 1 aromatic rings. The van der Waals surface area contributed by atoms with Crippen molar-refractivity contribution in [3.05, 3.63) is 29.8 Å². The summed E-state index contributed by atoms with van der Waals surface area (Å²) in [6.07, 6.45) is 0.967. The van der Waals surface area contributed by atoms with Crippen molar-refractivity contribution in [3.8, 4) is 5.75 Å². The number of aromatic hydroxyl groups is 1. The summed E-state index contributed by atoms with van der Waals surface area (Å²) in [5.74, 6) is -4.34. The van der Waals surface area contributed by atoms with E-state index in [-0.39, 0.29) is 37.2 Å². The van der Waals surface area contributed by atoms with Gasteiger partial charge in [0.15, 0.2) is 0 Å². The van der Waals surface area contributed by atoms with Crippen LogP contribution in [0.2, 0.25) is 0 Å². The number of nitrogens with one attached hydrogen (secondary N) is 3. The third-order valence-corrected chi connectivity index (χ3v) is 5.78. The zero-order valence-electron chi connectivity index (χ0n) is 20.4. The number of carbonyl (C=O) groups is 5. The van der Waals surface area contributed by atoms with E-state index in [1.165, 1.54) is 12.1 Å². The number of primary amides is 1. The van der Waals surface area contributed by atoms with E-state index in [1.807, 2.05) is 0 Å². The Kier molecular flexibility index (Phi) is 14.0. The quantitative estimate of drug-likeness (QED) is 0.0792. The summed E-state index contributed by atoms with van der Waals surface area (Å²) < 4.78 is 0. The van der Waals surface area contributed by atoms with Gasteiger partial charge in [0.25, 0.3) is 0 Å². The SMILES string of the molecule is NCCCCC(NC(=O)C(N)Cc1ccc(O)cc1)C(=O)NC(CCC(N)=O)C(=O)NC(CS)C(=O)O. The maximum atomic E-state index is 13.1. The zero-order valence-corrected chi connectivity index (χ0v) is 21.3. The highest BCUT2D eigenvalue weighted by Crippen LogP contribution is 2.11. The Labute approximate surface area is 220 Å². The van der Waals surface area contributed by atoms with Crippen LogP contribution in [0.3, 0.4) is 0 Å². The van der Waals surface area contributed by atoms with Crippen molar-refractivity contribution in [2.45, 2.75) is 62.7 Å². The molecule has 0 aliphatic carbocycles. The fourth-order valence-electron chi connectivity index (χ4n) is 3.30. The number of phenols is 1. The molecule has 0 bridgehead atoms. The van der Waals surface area contributed by atoms with Crippen LogP contribution in [0.5, 0.6) is 5.75 Å². The van der Waals surface area contributed by atoms with E-state index in [0.717, 1.165) is 0 Å². The number of benzene rings is 1. The maximum absolute atomic E-state index is 13.1. The smallest absolute Gasteiger partial charge is 0.327 e. The average Bonchev–Trinajstić information content (AvgIpc) is 2.85. The third-order valence-electron chi connectivity index (χ3n) is 5.42. The van der Waals surface area contributed by atoms with Crippen LogP contribution >= 0.6 is 12.6 Å². The van der Waals surface area contributed by atoms with Crippen molar-refractivity contribution >= 4 is 42.2 Å². The molecule has 37 heavy (non-hydrogen) atoms. The van der Waals surface area contributed by atoms with Crippen molar-refractivity contribution in [1.29, 1.82) is 0 Å². The first-order chi connectivity index (χ1) is 17.5. The molecule has 11 N–H and O–H groups in total. The summed E-state index contributed by atoms with van der Waals surface area (Å²) in [7, 11) is 0. The molecule has 206 valence electrons. The van der Waals surface area contributed by atoms with E-state index in [9.17, 15) is 34.2 Å². The molecule has 0 fully saturated rings. The molecule has 0 radical (unpaired) electrons. The van der Waals surface area contributed by atoms with Gasteiger partial charge in [-0.3, -0.25) is 19.2 Å². The van der Waals surface area contributed by atoms with E-state index in [2.05, 4.69) is 28.6 Å². The van der Waals surface area contributed by atoms with Crippen molar-refractivity contribution in [1.82, 2.24) is 16.0 Å². The Morgan fingerprint density at radius 3 is 1.92 bits per heavy atom. The van der Waals surface area contributed by atoms with Crippen LogP contribution in [-0.4, -0.2) is 76.3 Å². The van der Waals surface area contributed by atoms with Gasteiger partial charge in [-0.15, -0.1) is 0 Å². The van der Waals surface area contributed by atoms with Crippen LogP contribution in [0, 0.1) is 0 Å². The van der Waals surface area contributed by atoms with Crippen LogP contribution in [0.15, 0.2) is 24.3 Å². The fourth-order valence-corrected chi connectivity index (χ4v) is 3.55. The molecule has 13 nitrogen and oxygen atoms in total. The second-order valence-corrected chi connectivity index (χ2v) is 8.84. The number of hydrogen-bond donors (Lipinski definition) is 9. The molecule has 0 aliphatic rings. The second-order valence-electron chi connectivity index (χ2n) is 8.47. The van der Waals surface area contributed by atoms with Crippen molar-refractivity contribution in [2.75, 3.05) is 12.3 Å². The average molecular weight is 541 g/mol. The molecule has 0 saturated carbocycles. The number of rotatable bonds is 17. The van der Waals surface area contributed by atoms with Gasteiger partial charge in [-0.05, 0) is 56.3 Å². The Bertz CT molecular complexity index is 931. The molecule has 0 saturated heterocycles. The molecule has 14 heteroatoms. The van der Waals surface area contributed by atoms with Crippen molar-refractivity contribution in [2.24, 2.45) is 17.2 Å². The molecule has 0 spiro atoms. The number of hydrogen-bond acceptors (Lipinski definition) is 9. The number of amides is 4. The lowest BCUT2D eigenvalue weighted by atomic mass is 10.0. The van der Waals surface area contributed by atoms with E-state index in [0.29, 0.717) is 24.9 Å². The number of carbonyl (C=O) groups excluding carboxylic acids is 4. The molecular formula is C23H36N6O7S. The van der Waals surface area contributed by atoms with Crippen LogP contribution in [0.25, 0.3) is 0 Å². The molecule has 4 unspecified atom stereocenters. The number of nitrogens with two attached hydrogens (primary N) is 3. The number of unbranched alkanes of at least 4 members (excludes halogenated alkanes) is 1. The van der Waals surface area contributed by atoms with Gasteiger partial charge >= 0.3 is 5.97 Å². The summed E-state index contributed by atoms with van der Waals surface area (Å²) in [5.41, 5.74) is 17.4. The Morgan fingerprint density at radius 1 is 0.865 bits per heavy atom. The largest absolute Gasteiger partial charge is 0.508 e. The first-order valence-corrected chi connectivity index (χ1v) is 12.4. The van der Waals surface area contributed by atoms with E-state index < -0.39 is 53.8 Å². The lowest BCUT2D eigenvalue weighted by Gasteiger charge is -2.25. The Hall–Kier alpha value is -3.36. The molecule has 1 rings (SSSR count). The predicted octanol–water partition coefficient (Wildman–Crippen LogP) is -1.87. The van der Waals surface area contributed by atoms with Gasteiger partial charge in [0.2, 0.25) is 23.6 Å². The van der Waals surface area contributed by atoms with Crippen molar-refractivity contribution < 1.29 is 34.2 Å². The van der Waals surface area contributed by atoms with Crippen LogP contribution in [0.1, 0.15) is 37.7 Å². The fraction of sp³-hybridized carbons (Fsp3) is 0.522. The van der Waals surface area contributed by atoms with Crippen LogP contribution in [-0.2, 0) is 30.4 Å². The number of carboxylic acids is 1. The second kappa shape index (κ2) is 16.4. The van der Waals surface area contributed by atoms with Gasteiger partial charge < -0.3 is 43.4 Å². The highest BCUT2D eigenvalue weighted by atomic mass is 32.1. The standard InChI is InChI=1S/C23H36N6O7S/c24-10-2-1-3-16(27-20(32)15(25)11-13-4-6-14(30)7-5-13)21(33)28-17(8-9-19(26)31)22(34)29-18(12-37)23(35)36/h4-7,15-18,30,37H,1-3,8-12,24-25H2,(H2,26,31)(H,27,32)(H,28,33)(H,29,34)(H,35,36). The molecular weight excluding hydrogens is 504 g/mol. The van der Waals surface area contributed by atoms with E-state index >= 15 is 0 Å². The topological polar surface area (TPSA) is 240 Å². The summed E-state index contributed by atoms with van der Waals surface area (Å²) in [6.45, 7) is 0.368. The molecule has 1 aromatic carbocycles. The minimum absolute atomic E-state index is 0.0670. The molecule has 0 aromatic heterocycles. The van der Waals surface area contributed by atoms with Crippen LogP contribution < -0.4 is 33.2 Å². The normalized spacial score (nSPS) is 14.0. The molecule has 0 aliphatic heterocycles. The molecule has 4 amide bonds. The summed E-state index contributed by atoms with van der Waals surface area (Å²) in [4.78, 5) is 61.1. The summed E-state index contributed by atoms with van der Waals surface area (Å²) in [6, 6.07) is 1.47. The number of aliphatic carboxylic acids is 1. The van der Waals surface area contributed by atoms with Gasteiger partial charge in [-0.25, -0.2) is 4.79 Å². The number of carboxylic acid groups (broad SMARTS) is 1. The van der Waals surface area contributed by atoms with Gasteiger partial charge in [0.05, 0.1) is 6.04 Å². The number of thiol groups is 1. The van der Waals surface area contributed by atoms with Gasteiger partial charge in [-0.2, -0.15) is 12.6 Å². The lowest BCUT2D eigenvalue weighted by molar-refractivity contribution is -0.141. The minimum atomic E-state index is -1.32. The lowest BCUT2D eigenvalue weighted by Crippen LogP contribution is -2.57. The first kappa shape index (κ1) is 31.7. The Morgan fingerprint density at radius 2 is 1.41 bits per heavy atom. The van der Waals surface area contributed by atoms with Gasteiger partial charge in [0.1, 0.15) is 23.9 Å². The van der Waals surface area contributed by atoms with E-state index in [4.69, 9.17) is 17.2 Å². The van der Waals surface area contributed by atoms with Crippen molar-refractivity contribution in [3.63, 3.8) is 0 Å².